The first-order valence-electron chi connectivity index (χ1n) is 11.9. The Kier molecular flexibility index (Phi) is 10.3. The average molecular weight is 478 g/mol. The fourth-order valence-electron chi connectivity index (χ4n) is 3.92. The Morgan fingerprint density at radius 3 is 2.46 bits per heavy atom. The zero-order chi connectivity index (χ0) is 25.0. The Morgan fingerprint density at radius 1 is 0.971 bits per heavy atom. The molecule has 6 heteroatoms. The summed E-state index contributed by atoms with van der Waals surface area (Å²) < 4.78 is 10.6. The summed E-state index contributed by atoms with van der Waals surface area (Å²) in [4.78, 5) is 11.4. The Labute approximate surface area is 207 Å². The highest BCUT2D eigenvalue weighted by atomic mass is 16.5. The quantitative estimate of drug-likeness (QED) is 0.321. The molecule has 3 aromatic rings. The lowest BCUT2D eigenvalue weighted by Crippen LogP contribution is -2.32. The standard InChI is InChI=1S/C29H35NO5/c1-21(15-24-10-6-9-22(16-24)11-14-29(33)34-2)30-18-27(32)25-12-13-28(26(17-25)19-31)35-20-23-7-4-3-5-8-23/h3-10,12-13,16-17,21,27,30-32H,11,14-15,18-20H2,1-2H3/t21-,27+/m1/s1. The van der Waals surface area contributed by atoms with Gasteiger partial charge in [-0.1, -0.05) is 60.7 Å². The molecule has 0 saturated carbocycles. The highest BCUT2D eigenvalue weighted by molar-refractivity contribution is 5.69. The van der Waals surface area contributed by atoms with Crippen molar-refractivity contribution in [2.75, 3.05) is 13.7 Å². The van der Waals surface area contributed by atoms with Crippen LogP contribution in [0.4, 0.5) is 0 Å². The molecular weight excluding hydrogens is 442 g/mol. The molecular formula is C29H35NO5. The van der Waals surface area contributed by atoms with E-state index in [1.807, 2.05) is 48.5 Å². The molecule has 3 N–H and O–H groups in total. The number of hydrogen-bond donors (Lipinski definition) is 3. The van der Waals surface area contributed by atoms with E-state index in [-0.39, 0.29) is 18.6 Å². The van der Waals surface area contributed by atoms with Gasteiger partial charge in [-0.15, -0.1) is 0 Å². The predicted molar refractivity (Wildman–Crippen MR) is 136 cm³/mol. The van der Waals surface area contributed by atoms with Crippen LogP contribution in [0.25, 0.3) is 0 Å². The van der Waals surface area contributed by atoms with E-state index in [1.54, 1.807) is 12.1 Å². The van der Waals surface area contributed by atoms with Crippen LogP contribution in [0.1, 0.15) is 47.3 Å². The van der Waals surface area contributed by atoms with Crippen molar-refractivity contribution in [1.29, 1.82) is 0 Å². The van der Waals surface area contributed by atoms with E-state index in [4.69, 9.17) is 9.47 Å². The maximum absolute atomic E-state index is 11.4. The van der Waals surface area contributed by atoms with Crippen molar-refractivity contribution in [2.45, 2.75) is 51.5 Å². The van der Waals surface area contributed by atoms with Gasteiger partial charge in [0.25, 0.3) is 0 Å². The second-order valence-electron chi connectivity index (χ2n) is 8.72. The minimum atomic E-state index is -0.711. The molecule has 6 nitrogen and oxygen atoms in total. The fourth-order valence-corrected chi connectivity index (χ4v) is 3.92. The molecule has 0 radical (unpaired) electrons. The number of carbonyl (C=O) groups excluding carboxylic acids is 1. The lowest BCUT2D eigenvalue weighted by Gasteiger charge is -2.19. The predicted octanol–water partition coefficient (Wildman–Crippen LogP) is 4.12. The summed E-state index contributed by atoms with van der Waals surface area (Å²) in [7, 11) is 1.40. The summed E-state index contributed by atoms with van der Waals surface area (Å²) in [6, 6.07) is 23.6. The van der Waals surface area contributed by atoms with Crippen molar-refractivity contribution in [3.8, 4) is 5.75 Å². The zero-order valence-electron chi connectivity index (χ0n) is 20.4. The number of rotatable bonds is 13. The largest absolute Gasteiger partial charge is 0.489 e. The summed E-state index contributed by atoms with van der Waals surface area (Å²) in [5.74, 6) is 0.403. The van der Waals surface area contributed by atoms with Gasteiger partial charge < -0.3 is 25.0 Å². The van der Waals surface area contributed by atoms with Crippen molar-refractivity contribution in [2.24, 2.45) is 0 Å². The molecule has 35 heavy (non-hydrogen) atoms. The van der Waals surface area contributed by atoms with Crippen molar-refractivity contribution in [3.63, 3.8) is 0 Å². The summed E-state index contributed by atoms with van der Waals surface area (Å²) in [5, 5.41) is 23.9. The molecule has 0 unspecified atom stereocenters. The van der Waals surface area contributed by atoms with Crippen LogP contribution in [0.2, 0.25) is 0 Å². The van der Waals surface area contributed by atoms with Crippen LogP contribution in [0, 0.1) is 0 Å². The summed E-state index contributed by atoms with van der Waals surface area (Å²) >= 11 is 0. The molecule has 0 bridgehead atoms. The molecule has 0 aliphatic rings. The molecule has 2 atom stereocenters. The van der Waals surface area contributed by atoms with E-state index in [0.29, 0.717) is 37.3 Å². The second-order valence-corrected chi connectivity index (χ2v) is 8.72. The maximum atomic E-state index is 11.4. The van der Waals surface area contributed by atoms with Gasteiger partial charge in [-0.2, -0.15) is 0 Å². The lowest BCUT2D eigenvalue weighted by atomic mass is 10.0. The van der Waals surface area contributed by atoms with Gasteiger partial charge in [0, 0.05) is 24.6 Å². The van der Waals surface area contributed by atoms with Crippen LogP contribution in [0.3, 0.4) is 0 Å². The number of nitrogens with one attached hydrogen (secondary N) is 1. The molecule has 186 valence electrons. The van der Waals surface area contributed by atoms with Gasteiger partial charge in [0.05, 0.1) is 19.8 Å². The van der Waals surface area contributed by atoms with E-state index in [2.05, 4.69) is 24.4 Å². The third-order valence-electron chi connectivity index (χ3n) is 5.92. The third kappa shape index (κ3) is 8.51. The van der Waals surface area contributed by atoms with Crippen LogP contribution in [-0.2, 0) is 35.6 Å². The van der Waals surface area contributed by atoms with Crippen molar-refractivity contribution >= 4 is 5.97 Å². The number of aliphatic hydroxyl groups is 2. The zero-order valence-corrected chi connectivity index (χ0v) is 20.4. The van der Waals surface area contributed by atoms with E-state index in [1.165, 1.54) is 12.7 Å². The number of esters is 1. The molecule has 0 aliphatic carbocycles. The first-order valence-corrected chi connectivity index (χ1v) is 11.9. The number of hydrogen-bond acceptors (Lipinski definition) is 6. The SMILES string of the molecule is COC(=O)CCc1cccc(C[C@@H](C)NC[C@H](O)c2ccc(OCc3ccccc3)c(CO)c2)c1. The first-order chi connectivity index (χ1) is 17.0. The Hall–Kier alpha value is -3.19. The van der Waals surface area contributed by atoms with E-state index >= 15 is 0 Å². The minimum absolute atomic E-state index is 0.145. The smallest absolute Gasteiger partial charge is 0.305 e. The van der Waals surface area contributed by atoms with Gasteiger partial charge in [-0.25, -0.2) is 0 Å². The van der Waals surface area contributed by atoms with Crippen LogP contribution in [0.15, 0.2) is 72.8 Å². The molecule has 0 heterocycles. The lowest BCUT2D eigenvalue weighted by molar-refractivity contribution is -0.140. The van der Waals surface area contributed by atoms with Gasteiger partial charge in [0.15, 0.2) is 0 Å². The molecule has 0 saturated heterocycles. The van der Waals surface area contributed by atoms with Gasteiger partial charge in [-0.3, -0.25) is 4.79 Å². The minimum Gasteiger partial charge on any atom is -0.489 e. The van der Waals surface area contributed by atoms with E-state index in [9.17, 15) is 15.0 Å². The number of benzene rings is 3. The molecule has 0 spiro atoms. The highest BCUT2D eigenvalue weighted by Crippen LogP contribution is 2.25. The number of aliphatic hydroxyl groups excluding tert-OH is 2. The van der Waals surface area contributed by atoms with Gasteiger partial charge in [0.2, 0.25) is 0 Å². The highest BCUT2D eigenvalue weighted by Gasteiger charge is 2.13. The van der Waals surface area contributed by atoms with Crippen LogP contribution in [0.5, 0.6) is 5.75 Å². The van der Waals surface area contributed by atoms with Crippen LogP contribution >= 0.6 is 0 Å². The van der Waals surface area contributed by atoms with Gasteiger partial charge >= 0.3 is 5.97 Å². The molecule has 0 fully saturated rings. The maximum Gasteiger partial charge on any atom is 0.305 e. The van der Waals surface area contributed by atoms with Crippen molar-refractivity contribution in [1.82, 2.24) is 5.32 Å². The summed E-state index contributed by atoms with van der Waals surface area (Å²) in [6.07, 6.45) is 1.11. The number of methoxy groups -OCH3 is 1. The average Bonchev–Trinajstić information content (AvgIpc) is 2.89. The molecule has 3 aromatic carbocycles. The monoisotopic (exact) mass is 477 g/mol. The normalized spacial score (nSPS) is 12.7. The Bertz CT molecular complexity index is 1070. The Morgan fingerprint density at radius 2 is 1.71 bits per heavy atom. The molecule has 3 rings (SSSR count). The Balaban J connectivity index is 1.51. The first kappa shape index (κ1) is 26.4. The number of ether oxygens (including phenoxy) is 2. The van der Waals surface area contributed by atoms with Crippen molar-refractivity contribution < 1.29 is 24.5 Å². The summed E-state index contributed by atoms with van der Waals surface area (Å²) in [6.45, 7) is 2.71. The molecule has 0 aromatic heterocycles. The number of aryl methyl sites for hydroxylation is 1. The fraction of sp³-hybridized carbons (Fsp3) is 0.345. The summed E-state index contributed by atoms with van der Waals surface area (Å²) in [5.41, 5.74) is 4.70. The molecule has 0 aliphatic heterocycles. The van der Waals surface area contributed by atoms with Crippen LogP contribution in [-0.4, -0.2) is 35.9 Å². The number of carbonyl (C=O) groups is 1. The molecule has 0 amide bonds. The van der Waals surface area contributed by atoms with Gasteiger partial charge in [-0.05, 0) is 54.2 Å². The second kappa shape index (κ2) is 13.6. The third-order valence-corrected chi connectivity index (χ3v) is 5.92. The van der Waals surface area contributed by atoms with E-state index < -0.39 is 6.10 Å². The van der Waals surface area contributed by atoms with Crippen molar-refractivity contribution in [3.05, 3.63) is 101 Å². The van der Waals surface area contributed by atoms with E-state index in [0.717, 1.165) is 23.1 Å². The van der Waals surface area contributed by atoms with Gasteiger partial charge in [0.1, 0.15) is 12.4 Å². The topological polar surface area (TPSA) is 88.0 Å². The van der Waals surface area contributed by atoms with Crippen LogP contribution < -0.4 is 10.1 Å².